The van der Waals surface area contributed by atoms with Crippen molar-refractivity contribution in [3.63, 3.8) is 0 Å². The Labute approximate surface area is 181 Å². The Morgan fingerprint density at radius 2 is 1.87 bits per heavy atom. The summed E-state index contributed by atoms with van der Waals surface area (Å²) in [6.45, 7) is 7.92. The topological polar surface area (TPSA) is 85.7 Å². The number of nitrogens with one attached hydrogen (secondary N) is 1. The van der Waals surface area contributed by atoms with Crippen molar-refractivity contribution in [1.29, 1.82) is 5.26 Å². The van der Waals surface area contributed by atoms with Gasteiger partial charge in [-0.3, -0.25) is 14.5 Å². The van der Waals surface area contributed by atoms with Crippen LogP contribution in [-0.2, 0) is 14.3 Å². The lowest BCUT2D eigenvalue weighted by Crippen LogP contribution is -2.52. The molecule has 0 aromatic heterocycles. The van der Waals surface area contributed by atoms with E-state index in [1.807, 2.05) is 4.90 Å². The molecular formula is C23H38N4O3. The Morgan fingerprint density at radius 1 is 1.17 bits per heavy atom. The first-order valence-electron chi connectivity index (χ1n) is 11.8. The van der Waals surface area contributed by atoms with Crippen LogP contribution >= 0.6 is 0 Å². The summed E-state index contributed by atoms with van der Waals surface area (Å²) >= 11 is 0. The van der Waals surface area contributed by atoms with Crippen molar-refractivity contribution in [3.8, 4) is 6.07 Å². The average molecular weight is 419 g/mol. The molecule has 0 radical (unpaired) electrons. The van der Waals surface area contributed by atoms with E-state index in [2.05, 4.69) is 30.1 Å². The van der Waals surface area contributed by atoms with E-state index in [0.29, 0.717) is 51.2 Å². The number of nitrogens with zero attached hydrogens (tertiary/aromatic N) is 3. The minimum absolute atomic E-state index is 0.0375. The maximum Gasteiger partial charge on any atom is 0.224 e. The molecule has 30 heavy (non-hydrogen) atoms. The van der Waals surface area contributed by atoms with Gasteiger partial charge in [0, 0.05) is 44.6 Å². The van der Waals surface area contributed by atoms with E-state index in [1.54, 1.807) is 0 Å². The van der Waals surface area contributed by atoms with Gasteiger partial charge in [-0.15, -0.1) is 0 Å². The zero-order chi connectivity index (χ0) is 21.6. The van der Waals surface area contributed by atoms with Crippen molar-refractivity contribution in [3.05, 3.63) is 0 Å². The molecule has 1 N–H and O–H groups in total. The molecule has 3 rings (SSSR count). The Kier molecular flexibility index (Phi) is 8.13. The molecule has 0 bridgehead atoms. The van der Waals surface area contributed by atoms with Gasteiger partial charge in [-0.25, -0.2) is 0 Å². The van der Waals surface area contributed by atoms with Crippen LogP contribution in [0.3, 0.4) is 0 Å². The third-order valence-electron chi connectivity index (χ3n) is 7.10. The molecule has 0 spiro atoms. The molecule has 0 unspecified atom stereocenters. The van der Waals surface area contributed by atoms with Gasteiger partial charge < -0.3 is 15.0 Å². The van der Waals surface area contributed by atoms with Crippen LogP contribution in [0.5, 0.6) is 0 Å². The van der Waals surface area contributed by atoms with Gasteiger partial charge in [0.1, 0.15) is 5.54 Å². The van der Waals surface area contributed by atoms with Crippen LogP contribution in [0.25, 0.3) is 0 Å². The number of carbonyl (C=O) groups is 2. The van der Waals surface area contributed by atoms with Gasteiger partial charge >= 0.3 is 0 Å². The van der Waals surface area contributed by atoms with Crippen molar-refractivity contribution < 1.29 is 14.3 Å². The molecule has 0 aromatic carbocycles. The minimum atomic E-state index is -0.839. The molecule has 2 atom stereocenters. The largest absolute Gasteiger partial charge is 0.378 e. The van der Waals surface area contributed by atoms with Crippen molar-refractivity contribution in [2.45, 2.75) is 76.8 Å². The first kappa shape index (κ1) is 23.0. The van der Waals surface area contributed by atoms with E-state index < -0.39 is 5.54 Å². The lowest BCUT2D eigenvalue weighted by molar-refractivity contribution is -0.140. The lowest BCUT2D eigenvalue weighted by Gasteiger charge is -2.32. The van der Waals surface area contributed by atoms with Crippen LogP contribution in [0.2, 0.25) is 0 Å². The molecule has 7 nitrogen and oxygen atoms in total. The van der Waals surface area contributed by atoms with Crippen molar-refractivity contribution in [1.82, 2.24) is 15.1 Å². The number of amides is 2. The summed E-state index contributed by atoms with van der Waals surface area (Å²) in [5.41, 5.74) is -0.839. The average Bonchev–Trinajstić information content (AvgIpc) is 3.19. The van der Waals surface area contributed by atoms with Crippen LogP contribution in [-0.4, -0.2) is 72.6 Å². The van der Waals surface area contributed by atoms with Crippen LogP contribution in [0, 0.1) is 23.2 Å². The Morgan fingerprint density at radius 3 is 2.47 bits per heavy atom. The summed E-state index contributed by atoms with van der Waals surface area (Å²) in [6.07, 6.45) is 7.59. The van der Waals surface area contributed by atoms with E-state index in [-0.39, 0.29) is 24.2 Å². The Bertz CT molecular complexity index is 635. The summed E-state index contributed by atoms with van der Waals surface area (Å²) < 4.78 is 5.36. The molecule has 2 heterocycles. The van der Waals surface area contributed by atoms with Gasteiger partial charge in [0.2, 0.25) is 11.8 Å². The number of ether oxygens (including phenoxy) is 1. The number of morpholine rings is 1. The summed E-state index contributed by atoms with van der Waals surface area (Å²) in [5, 5.41) is 13.0. The van der Waals surface area contributed by atoms with Crippen LogP contribution < -0.4 is 5.32 Å². The van der Waals surface area contributed by atoms with Crippen molar-refractivity contribution in [2.24, 2.45) is 11.8 Å². The zero-order valence-corrected chi connectivity index (χ0v) is 18.7. The molecule has 2 saturated heterocycles. The molecule has 2 aliphatic heterocycles. The summed E-state index contributed by atoms with van der Waals surface area (Å²) in [5.74, 6) is 0.0624. The number of hydrogen-bond acceptors (Lipinski definition) is 5. The summed E-state index contributed by atoms with van der Waals surface area (Å²) in [4.78, 5) is 30.3. The second-order valence-corrected chi connectivity index (χ2v) is 9.63. The van der Waals surface area contributed by atoms with Crippen LogP contribution in [0.4, 0.5) is 0 Å². The third-order valence-corrected chi connectivity index (χ3v) is 7.10. The molecule has 7 heteroatoms. The van der Waals surface area contributed by atoms with E-state index in [9.17, 15) is 14.9 Å². The molecule has 1 aliphatic carbocycles. The van der Waals surface area contributed by atoms with E-state index in [1.165, 1.54) is 19.3 Å². The fourth-order valence-corrected chi connectivity index (χ4v) is 5.10. The van der Waals surface area contributed by atoms with Crippen LogP contribution in [0.1, 0.15) is 65.2 Å². The smallest absolute Gasteiger partial charge is 0.224 e. The molecule has 3 fully saturated rings. The van der Waals surface area contributed by atoms with E-state index >= 15 is 0 Å². The predicted octanol–water partition coefficient (Wildman–Crippen LogP) is 2.31. The number of rotatable bonds is 7. The van der Waals surface area contributed by atoms with Crippen LogP contribution in [0.15, 0.2) is 0 Å². The Balaban J connectivity index is 1.67. The fourth-order valence-electron chi connectivity index (χ4n) is 5.10. The number of likely N-dealkylation sites (tertiary alicyclic amines) is 1. The maximum absolute atomic E-state index is 13.4. The highest BCUT2D eigenvalue weighted by atomic mass is 16.5. The number of hydrogen-bond donors (Lipinski definition) is 1. The quantitative estimate of drug-likeness (QED) is 0.686. The number of nitriles is 1. The molecule has 3 aliphatic rings. The normalized spacial score (nSPS) is 27.1. The SMILES string of the molecule is CC(C)N1CC[C@@](C#N)(NC(=O)[C@@H](CC(=O)N2CCOCC2)CC2CCCCC2)C1. The highest BCUT2D eigenvalue weighted by molar-refractivity contribution is 5.86. The third kappa shape index (κ3) is 5.95. The fraction of sp³-hybridized carbons (Fsp3) is 0.870. The second kappa shape index (κ2) is 10.6. The van der Waals surface area contributed by atoms with Gasteiger partial charge in [-0.1, -0.05) is 32.1 Å². The first-order chi connectivity index (χ1) is 14.4. The van der Waals surface area contributed by atoms with Gasteiger partial charge in [-0.2, -0.15) is 5.26 Å². The number of carbonyl (C=O) groups excluding carboxylic acids is 2. The molecule has 2 amide bonds. The zero-order valence-electron chi connectivity index (χ0n) is 18.7. The monoisotopic (exact) mass is 418 g/mol. The lowest BCUT2D eigenvalue weighted by atomic mass is 9.81. The minimum Gasteiger partial charge on any atom is -0.378 e. The molecule has 1 saturated carbocycles. The van der Waals surface area contributed by atoms with E-state index in [4.69, 9.17) is 4.74 Å². The first-order valence-corrected chi connectivity index (χ1v) is 11.8. The highest BCUT2D eigenvalue weighted by Gasteiger charge is 2.42. The summed E-state index contributed by atoms with van der Waals surface area (Å²) in [6, 6.07) is 2.73. The van der Waals surface area contributed by atoms with Gasteiger partial charge in [0.25, 0.3) is 0 Å². The summed E-state index contributed by atoms with van der Waals surface area (Å²) in [7, 11) is 0. The standard InChI is InChI=1S/C23H38N4O3/c1-18(2)27-9-8-23(16-24,17-27)25-22(29)20(14-19-6-4-3-5-7-19)15-21(28)26-10-12-30-13-11-26/h18-20H,3-15,17H2,1-2H3,(H,25,29)/t20-,23+/m1/s1. The maximum atomic E-state index is 13.4. The predicted molar refractivity (Wildman–Crippen MR) is 115 cm³/mol. The van der Waals surface area contributed by atoms with Crippen molar-refractivity contribution >= 4 is 11.8 Å². The van der Waals surface area contributed by atoms with Crippen molar-refractivity contribution in [2.75, 3.05) is 39.4 Å². The second-order valence-electron chi connectivity index (χ2n) is 9.63. The van der Waals surface area contributed by atoms with Gasteiger partial charge in [0.15, 0.2) is 0 Å². The Hall–Kier alpha value is -1.65. The van der Waals surface area contributed by atoms with Gasteiger partial charge in [0.05, 0.1) is 19.3 Å². The molecule has 0 aromatic rings. The van der Waals surface area contributed by atoms with Gasteiger partial charge in [-0.05, 0) is 32.6 Å². The molecular weight excluding hydrogens is 380 g/mol. The van der Waals surface area contributed by atoms with E-state index in [0.717, 1.165) is 25.8 Å². The highest BCUT2D eigenvalue weighted by Crippen LogP contribution is 2.31. The molecule has 168 valence electrons.